The average molecular weight is 384 g/mol. The lowest BCUT2D eigenvalue weighted by atomic mass is 10.1. The molecular formula is C20H37N3O4. The van der Waals surface area contributed by atoms with E-state index in [0.717, 1.165) is 58.0 Å². The zero-order valence-electron chi connectivity index (χ0n) is 16.6. The maximum Gasteiger partial charge on any atom is 0.303 e. The van der Waals surface area contributed by atoms with E-state index < -0.39 is 12.0 Å². The first-order valence-corrected chi connectivity index (χ1v) is 10.6. The lowest BCUT2D eigenvalue weighted by molar-refractivity contribution is -0.137. The van der Waals surface area contributed by atoms with Crippen LogP contribution < -0.4 is 16.0 Å². The number of carboxylic acid groups (broad SMARTS) is 1. The van der Waals surface area contributed by atoms with Gasteiger partial charge in [-0.05, 0) is 58.0 Å². The Hall–Kier alpha value is -1.63. The van der Waals surface area contributed by atoms with Gasteiger partial charge >= 0.3 is 5.97 Å². The van der Waals surface area contributed by atoms with Crippen LogP contribution in [0.15, 0.2) is 0 Å². The summed E-state index contributed by atoms with van der Waals surface area (Å²) in [5, 5.41) is 17.9. The second kappa shape index (κ2) is 15.4. The van der Waals surface area contributed by atoms with E-state index in [9.17, 15) is 14.4 Å². The number of hydrogen-bond acceptors (Lipinski definition) is 4. The van der Waals surface area contributed by atoms with Crippen molar-refractivity contribution < 1.29 is 19.5 Å². The Labute approximate surface area is 163 Å². The van der Waals surface area contributed by atoms with Gasteiger partial charge in [0, 0.05) is 19.4 Å². The van der Waals surface area contributed by atoms with Crippen molar-refractivity contribution in [3.63, 3.8) is 0 Å². The highest BCUT2D eigenvalue weighted by Crippen LogP contribution is 2.07. The van der Waals surface area contributed by atoms with Crippen molar-refractivity contribution in [3.8, 4) is 0 Å². The third-order valence-electron chi connectivity index (χ3n) is 4.87. The summed E-state index contributed by atoms with van der Waals surface area (Å²) in [6, 6.07) is -0.451. The number of unbranched alkanes of at least 4 members (excludes halogenated alkanes) is 3. The van der Waals surface area contributed by atoms with Crippen LogP contribution in [0.2, 0.25) is 0 Å². The molecule has 1 fully saturated rings. The van der Waals surface area contributed by atoms with E-state index in [1.54, 1.807) is 0 Å². The van der Waals surface area contributed by atoms with Crippen molar-refractivity contribution in [2.24, 2.45) is 0 Å². The molecule has 0 saturated carbocycles. The molecule has 0 aromatic rings. The zero-order valence-corrected chi connectivity index (χ0v) is 16.6. The molecule has 27 heavy (non-hydrogen) atoms. The molecular weight excluding hydrogens is 346 g/mol. The van der Waals surface area contributed by atoms with Crippen molar-refractivity contribution in [2.45, 2.75) is 89.5 Å². The minimum Gasteiger partial charge on any atom is -0.481 e. The molecule has 1 rings (SSSR count). The molecule has 7 nitrogen and oxygen atoms in total. The third-order valence-corrected chi connectivity index (χ3v) is 4.87. The Morgan fingerprint density at radius 2 is 1.52 bits per heavy atom. The van der Waals surface area contributed by atoms with Crippen LogP contribution in [0.4, 0.5) is 0 Å². The summed E-state index contributed by atoms with van der Waals surface area (Å²) in [5.74, 6) is -0.940. The van der Waals surface area contributed by atoms with Crippen LogP contribution in [0.3, 0.4) is 0 Å². The van der Waals surface area contributed by atoms with Gasteiger partial charge in [-0.25, -0.2) is 0 Å². The van der Waals surface area contributed by atoms with E-state index in [4.69, 9.17) is 5.11 Å². The maximum atomic E-state index is 12.4. The van der Waals surface area contributed by atoms with Gasteiger partial charge in [-0.3, -0.25) is 14.4 Å². The van der Waals surface area contributed by atoms with E-state index in [1.807, 2.05) is 0 Å². The number of aliphatic carboxylic acids is 1. The number of carboxylic acids is 1. The van der Waals surface area contributed by atoms with E-state index in [2.05, 4.69) is 16.0 Å². The van der Waals surface area contributed by atoms with Gasteiger partial charge in [0.1, 0.15) is 6.04 Å². The van der Waals surface area contributed by atoms with Gasteiger partial charge in [0.2, 0.25) is 11.8 Å². The highest BCUT2D eigenvalue weighted by molar-refractivity contribution is 5.87. The lowest BCUT2D eigenvalue weighted by Crippen LogP contribution is -2.47. The minimum absolute atomic E-state index is 0.0742. The Morgan fingerprint density at radius 3 is 2.22 bits per heavy atom. The largest absolute Gasteiger partial charge is 0.481 e. The normalized spacial score (nSPS) is 20.3. The lowest BCUT2D eigenvalue weighted by Gasteiger charge is -2.19. The average Bonchev–Trinajstić information content (AvgIpc) is 2.63. The van der Waals surface area contributed by atoms with Crippen molar-refractivity contribution in [1.29, 1.82) is 0 Å². The fourth-order valence-electron chi connectivity index (χ4n) is 3.24. The first-order valence-electron chi connectivity index (χ1n) is 10.6. The first-order chi connectivity index (χ1) is 13.1. The van der Waals surface area contributed by atoms with Crippen LogP contribution in [-0.4, -0.2) is 48.6 Å². The molecule has 7 heteroatoms. The minimum atomic E-state index is -0.775. The monoisotopic (exact) mass is 383 g/mol. The maximum absolute atomic E-state index is 12.4. The molecule has 0 aliphatic carbocycles. The highest BCUT2D eigenvalue weighted by Gasteiger charge is 2.19. The molecule has 1 unspecified atom stereocenters. The van der Waals surface area contributed by atoms with Gasteiger partial charge in [0.05, 0.1) is 0 Å². The quantitative estimate of drug-likeness (QED) is 0.481. The summed E-state index contributed by atoms with van der Waals surface area (Å²) < 4.78 is 0. The van der Waals surface area contributed by atoms with Crippen LogP contribution in [0, 0.1) is 0 Å². The molecule has 156 valence electrons. The van der Waals surface area contributed by atoms with E-state index >= 15 is 0 Å². The first kappa shape index (κ1) is 23.4. The van der Waals surface area contributed by atoms with Crippen LogP contribution in [0.5, 0.6) is 0 Å². The van der Waals surface area contributed by atoms with E-state index in [0.29, 0.717) is 25.8 Å². The van der Waals surface area contributed by atoms with Gasteiger partial charge in [-0.2, -0.15) is 0 Å². The molecule has 2 amide bonds. The molecule has 1 heterocycles. The van der Waals surface area contributed by atoms with Gasteiger partial charge in [0.15, 0.2) is 0 Å². The number of amides is 2. The molecule has 0 aromatic carbocycles. The summed E-state index contributed by atoms with van der Waals surface area (Å²) in [7, 11) is 0. The van der Waals surface area contributed by atoms with Crippen LogP contribution in [0.1, 0.15) is 83.5 Å². The second-order valence-electron chi connectivity index (χ2n) is 7.38. The molecule has 1 saturated heterocycles. The Bertz CT molecular complexity index is 443. The Morgan fingerprint density at radius 1 is 0.889 bits per heavy atom. The Balaban J connectivity index is 2.31. The topological polar surface area (TPSA) is 108 Å². The number of rotatable bonds is 8. The Kier molecular flexibility index (Phi) is 13.4. The summed E-state index contributed by atoms with van der Waals surface area (Å²) >= 11 is 0. The predicted molar refractivity (Wildman–Crippen MR) is 105 cm³/mol. The van der Waals surface area contributed by atoms with Gasteiger partial charge in [-0.15, -0.1) is 0 Å². The molecule has 0 bridgehead atoms. The highest BCUT2D eigenvalue weighted by atomic mass is 16.4. The number of nitrogens with one attached hydrogen (secondary N) is 3. The molecule has 0 spiro atoms. The zero-order chi connectivity index (χ0) is 19.7. The number of carbonyl (C=O) groups is 3. The fourth-order valence-corrected chi connectivity index (χ4v) is 3.24. The number of hydrogen-bond donors (Lipinski definition) is 4. The SMILES string of the molecule is O=C(O)CCCCCCC(=O)NC1CCCCNCCCCCCNC1=O. The van der Waals surface area contributed by atoms with Crippen molar-refractivity contribution in [1.82, 2.24) is 16.0 Å². The van der Waals surface area contributed by atoms with E-state index in [1.165, 1.54) is 12.8 Å². The molecule has 4 N–H and O–H groups in total. The van der Waals surface area contributed by atoms with Crippen molar-refractivity contribution in [2.75, 3.05) is 19.6 Å². The molecule has 0 aromatic heterocycles. The van der Waals surface area contributed by atoms with Crippen molar-refractivity contribution in [3.05, 3.63) is 0 Å². The molecule has 1 aliphatic heterocycles. The summed E-state index contributed by atoms with van der Waals surface area (Å²) in [4.78, 5) is 35.0. The smallest absolute Gasteiger partial charge is 0.303 e. The number of carbonyl (C=O) groups excluding carboxylic acids is 2. The third kappa shape index (κ3) is 13.2. The molecule has 0 radical (unpaired) electrons. The predicted octanol–water partition coefficient (Wildman–Crippen LogP) is 2.35. The standard InChI is InChI=1S/C20H37N3O4/c24-18(12-5-1-2-6-13-19(25)26)23-17-11-7-10-15-21-14-8-3-4-9-16-22-20(17)27/h17,21H,1-16H2,(H,22,27)(H,23,24)(H,25,26). The summed E-state index contributed by atoms with van der Waals surface area (Å²) in [5.41, 5.74) is 0. The van der Waals surface area contributed by atoms with Crippen LogP contribution >= 0.6 is 0 Å². The second-order valence-corrected chi connectivity index (χ2v) is 7.38. The van der Waals surface area contributed by atoms with Crippen LogP contribution in [-0.2, 0) is 14.4 Å². The fraction of sp³-hybridized carbons (Fsp3) is 0.850. The summed E-state index contributed by atoms with van der Waals surface area (Å²) in [6.45, 7) is 2.68. The van der Waals surface area contributed by atoms with Crippen molar-refractivity contribution >= 4 is 17.8 Å². The van der Waals surface area contributed by atoms with Gasteiger partial charge < -0.3 is 21.1 Å². The van der Waals surface area contributed by atoms with Gasteiger partial charge in [-0.1, -0.05) is 25.7 Å². The molecule has 1 atom stereocenters. The van der Waals surface area contributed by atoms with E-state index in [-0.39, 0.29) is 18.2 Å². The van der Waals surface area contributed by atoms with Crippen LogP contribution in [0.25, 0.3) is 0 Å². The molecule has 1 aliphatic rings. The summed E-state index contributed by atoms with van der Waals surface area (Å²) in [6.07, 6.45) is 10.6. The van der Waals surface area contributed by atoms with Gasteiger partial charge in [0.25, 0.3) is 0 Å².